The number of aliphatic hydroxyl groups is 1. The number of hydrogen-bond acceptors (Lipinski definition) is 5. The van der Waals surface area contributed by atoms with Gasteiger partial charge in [0.1, 0.15) is 41.2 Å². The Hall–Kier alpha value is -3.18. The molecule has 2 atom stereocenters. The molecule has 0 spiro atoms. The molecular weight excluding hydrogens is 340 g/mol. The average molecular weight is 355 g/mol. The van der Waals surface area contributed by atoms with E-state index in [1.54, 1.807) is 19.1 Å². The van der Waals surface area contributed by atoms with Crippen molar-refractivity contribution in [2.45, 2.75) is 24.9 Å². The number of halogens is 2. The Bertz CT molecular complexity index is 954. The topological polar surface area (TPSA) is 98.5 Å². The number of nitrogens with one attached hydrogen (secondary N) is 1. The molecule has 0 radical (unpaired) electrons. The van der Waals surface area contributed by atoms with E-state index >= 15 is 0 Å². The third-order valence-corrected chi connectivity index (χ3v) is 4.43. The number of H-pyrrole nitrogens is 1. The molecule has 2 heterocycles. The lowest BCUT2D eigenvalue weighted by Gasteiger charge is -2.35. The molecular formula is C18H15F2N5O. The van der Waals surface area contributed by atoms with Crippen LogP contribution in [0.4, 0.5) is 8.78 Å². The Labute approximate surface area is 148 Å². The molecule has 0 bridgehead atoms. The predicted molar refractivity (Wildman–Crippen MR) is 87.7 cm³/mol. The summed E-state index contributed by atoms with van der Waals surface area (Å²) < 4.78 is 27.9. The van der Waals surface area contributed by atoms with E-state index in [1.807, 2.05) is 6.07 Å². The highest BCUT2D eigenvalue weighted by Crippen LogP contribution is 2.41. The molecule has 26 heavy (non-hydrogen) atoms. The van der Waals surface area contributed by atoms with Gasteiger partial charge in [0.05, 0.1) is 0 Å². The van der Waals surface area contributed by atoms with Gasteiger partial charge >= 0.3 is 0 Å². The van der Waals surface area contributed by atoms with Gasteiger partial charge in [-0.05, 0) is 17.7 Å². The number of rotatable bonds is 5. The zero-order chi connectivity index (χ0) is 18.7. The first-order valence-electron chi connectivity index (χ1n) is 7.83. The lowest BCUT2D eigenvalue weighted by molar-refractivity contribution is 0.00723. The van der Waals surface area contributed by atoms with Gasteiger partial charge in [-0.3, -0.25) is 5.10 Å². The maximum atomic E-state index is 14.5. The molecule has 0 amide bonds. The summed E-state index contributed by atoms with van der Waals surface area (Å²) in [6.07, 6.45) is 2.62. The van der Waals surface area contributed by atoms with Gasteiger partial charge in [0.2, 0.25) is 0 Å². The lowest BCUT2D eigenvalue weighted by atomic mass is 9.75. The standard InChI is InChI=1S/C18H15F2N5O/c1-11(13-3-2-6-22-16(13)9-21)18(26,8-17-23-10-24-25-17)14-5-4-12(19)7-15(14)20/h2-7,10-11,26H,8H2,1H3,(H,23,24,25). The molecule has 0 fully saturated rings. The minimum absolute atomic E-state index is 0.101. The highest BCUT2D eigenvalue weighted by molar-refractivity contribution is 5.39. The van der Waals surface area contributed by atoms with Gasteiger partial charge in [-0.1, -0.05) is 19.1 Å². The molecule has 3 aromatic rings. The van der Waals surface area contributed by atoms with Crippen molar-refractivity contribution in [3.63, 3.8) is 0 Å². The Morgan fingerprint density at radius 2 is 2.12 bits per heavy atom. The van der Waals surface area contributed by atoms with Gasteiger partial charge in [-0.2, -0.15) is 10.4 Å². The van der Waals surface area contributed by atoms with Crippen molar-refractivity contribution in [3.8, 4) is 6.07 Å². The van der Waals surface area contributed by atoms with Gasteiger partial charge < -0.3 is 5.11 Å². The first-order valence-corrected chi connectivity index (χ1v) is 7.83. The zero-order valence-electron chi connectivity index (χ0n) is 13.8. The van der Waals surface area contributed by atoms with Crippen LogP contribution >= 0.6 is 0 Å². The second kappa shape index (κ2) is 6.98. The molecule has 2 N–H and O–H groups in total. The third kappa shape index (κ3) is 3.17. The van der Waals surface area contributed by atoms with E-state index in [9.17, 15) is 19.1 Å². The normalized spacial score (nSPS) is 14.4. The van der Waals surface area contributed by atoms with E-state index < -0.39 is 23.2 Å². The Balaban J connectivity index is 2.15. The highest BCUT2D eigenvalue weighted by atomic mass is 19.1. The quantitative estimate of drug-likeness (QED) is 0.733. The van der Waals surface area contributed by atoms with Crippen LogP contribution in [-0.2, 0) is 12.0 Å². The summed E-state index contributed by atoms with van der Waals surface area (Å²) >= 11 is 0. The fraction of sp³-hybridized carbons (Fsp3) is 0.222. The molecule has 2 unspecified atom stereocenters. The fourth-order valence-corrected chi connectivity index (χ4v) is 3.01. The summed E-state index contributed by atoms with van der Waals surface area (Å²) in [7, 11) is 0. The summed E-state index contributed by atoms with van der Waals surface area (Å²) in [5.74, 6) is -2.05. The van der Waals surface area contributed by atoms with Crippen molar-refractivity contribution < 1.29 is 13.9 Å². The second-order valence-corrected chi connectivity index (χ2v) is 5.93. The summed E-state index contributed by atoms with van der Waals surface area (Å²) in [4.78, 5) is 7.99. The zero-order valence-corrected chi connectivity index (χ0v) is 13.8. The van der Waals surface area contributed by atoms with Crippen LogP contribution in [0.3, 0.4) is 0 Å². The molecule has 0 aliphatic heterocycles. The number of pyridine rings is 1. The molecule has 0 aliphatic rings. The summed E-state index contributed by atoms with van der Waals surface area (Å²) in [5, 5.41) is 27.2. The highest BCUT2D eigenvalue weighted by Gasteiger charge is 2.41. The SMILES string of the molecule is CC(c1cccnc1C#N)C(O)(Cc1ncn[nH]1)c1ccc(F)cc1F. The van der Waals surface area contributed by atoms with Gasteiger partial charge in [-0.15, -0.1) is 0 Å². The number of aromatic nitrogens is 4. The molecule has 3 rings (SSSR count). The number of nitrogens with zero attached hydrogens (tertiary/aromatic N) is 4. The summed E-state index contributed by atoms with van der Waals surface area (Å²) in [5.41, 5.74) is -1.35. The van der Waals surface area contributed by atoms with Crippen LogP contribution in [0.25, 0.3) is 0 Å². The van der Waals surface area contributed by atoms with Crippen molar-refractivity contribution in [2.24, 2.45) is 0 Å². The van der Waals surface area contributed by atoms with Crippen molar-refractivity contribution in [3.05, 3.63) is 77.1 Å². The molecule has 1 aromatic carbocycles. The monoisotopic (exact) mass is 355 g/mol. The molecule has 0 saturated heterocycles. The largest absolute Gasteiger partial charge is 0.384 e. The van der Waals surface area contributed by atoms with Gasteiger partial charge in [0, 0.05) is 30.2 Å². The third-order valence-electron chi connectivity index (χ3n) is 4.43. The minimum Gasteiger partial charge on any atom is -0.384 e. The average Bonchev–Trinajstić information content (AvgIpc) is 3.13. The number of nitriles is 1. The van der Waals surface area contributed by atoms with Gasteiger partial charge in [-0.25, -0.2) is 18.7 Å². The van der Waals surface area contributed by atoms with Crippen molar-refractivity contribution in [2.75, 3.05) is 0 Å². The van der Waals surface area contributed by atoms with E-state index in [1.165, 1.54) is 18.6 Å². The first-order chi connectivity index (χ1) is 12.5. The summed E-state index contributed by atoms with van der Waals surface area (Å²) in [6, 6.07) is 8.22. The molecule has 8 heteroatoms. The van der Waals surface area contributed by atoms with Crippen LogP contribution in [-0.4, -0.2) is 25.3 Å². The van der Waals surface area contributed by atoms with Crippen LogP contribution in [0.2, 0.25) is 0 Å². The van der Waals surface area contributed by atoms with E-state index in [2.05, 4.69) is 20.2 Å². The Morgan fingerprint density at radius 1 is 1.31 bits per heavy atom. The van der Waals surface area contributed by atoms with E-state index in [-0.39, 0.29) is 17.7 Å². The number of benzene rings is 1. The maximum absolute atomic E-state index is 14.5. The smallest absolute Gasteiger partial charge is 0.144 e. The van der Waals surface area contributed by atoms with Crippen LogP contribution in [0.1, 0.15) is 35.5 Å². The first kappa shape index (κ1) is 17.6. The van der Waals surface area contributed by atoms with Crippen molar-refractivity contribution >= 4 is 0 Å². The fourth-order valence-electron chi connectivity index (χ4n) is 3.01. The van der Waals surface area contributed by atoms with Crippen LogP contribution in [0, 0.1) is 23.0 Å². The Kier molecular flexibility index (Phi) is 4.73. The number of aromatic amines is 1. The molecule has 6 nitrogen and oxygen atoms in total. The summed E-state index contributed by atoms with van der Waals surface area (Å²) in [6.45, 7) is 1.65. The van der Waals surface area contributed by atoms with Crippen LogP contribution in [0.5, 0.6) is 0 Å². The maximum Gasteiger partial charge on any atom is 0.144 e. The minimum atomic E-state index is -1.81. The van der Waals surface area contributed by atoms with E-state index in [4.69, 9.17) is 0 Å². The van der Waals surface area contributed by atoms with Gasteiger partial charge in [0.25, 0.3) is 0 Å². The van der Waals surface area contributed by atoms with E-state index in [0.29, 0.717) is 17.5 Å². The van der Waals surface area contributed by atoms with E-state index in [0.717, 1.165) is 6.07 Å². The molecule has 0 aliphatic carbocycles. The molecule has 132 valence electrons. The molecule has 2 aromatic heterocycles. The second-order valence-electron chi connectivity index (χ2n) is 5.93. The molecule has 0 saturated carbocycles. The predicted octanol–water partition coefficient (Wildman–Crippen LogP) is 2.58. The lowest BCUT2D eigenvalue weighted by Crippen LogP contribution is -2.36. The number of hydrogen-bond donors (Lipinski definition) is 2. The van der Waals surface area contributed by atoms with Crippen LogP contribution in [0.15, 0.2) is 42.9 Å². The van der Waals surface area contributed by atoms with Gasteiger partial charge in [0.15, 0.2) is 0 Å². The van der Waals surface area contributed by atoms with Crippen molar-refractivity contribution in [1.29, 1.82) is 5.26 Å². The van der Waals surface area contributed by atoms with Crippen molar-refractivity contribution in [1.82, 2.24) is 20.2 Å². The van der Waals surface area contributed by atoms with Crippen LogP contribution < -0.4 is 0 Å². The Morgan fingerprint density at radius 3 is 2.77 bits per heavy atom.